The number of aromatic nitrogens is 1. The van der Waals surface area contributed by atoms with E-state index in [-0.39, 0.29) is 18.7 Å². The summed E-state index contributed by atoms with van der Waals surface area (Å²) in [4.78, 5) is 29.4. The molecule has 1 N–H and O–H groups in total. The van der Waals surface area contributed by atoms with E-state index in [1.54, 1.807) is 7.11 Å². The van der Waals surface area contributed by atoms with Gasteiger partial charge in [0, 0.05) is 45.1 Å². The summed E-state index contributed by atoms with van der Waals surface area (Å²) >= 11 is 3.61. The van der Waals surface area contributed by atoms with Crippen molar-refractivity contribution in [2.75, 3.05) is 7.11 Å². The lowest BCUT2D eigenvalue weighted by Crippen LogP contribution is -2.27. The lowest BCUT2D eigenvalue weighted by Gasteiger charge is -2.23. The minimum atomic E-state index is -1.03. The summed E-state index contributed by atoms with van der Waals surface area (Å²) in [5, 5.41) is 16.4. The lowest BCUT2D eigenvalue weighted by molar-refractivity contribution is -0.141. The van der Waals surface area contributed by atoms with Crippen molar-refractivity contribution >= 4 is 44.4 Å². The number of hydrogen-bond donors (Lipinski definition) is 1. The van der Waals surface area contributed by atoms with Crippen molar-refractivity contribution in [1.29, 1.82) is 0 Å². The Balaban J connectivity index is 1.71. The van der Waals surface area contributed by atoms with Gasteiger partial charge in [-0.2, -0.15) is 5.10 Å². The van der Waals surface area contributed by atoms with Crippen molar-refractivity contribution in [3.8, 4) is 16.9 Å². The Morgan fingerprint density at radius 1 is 1.03 bits per heavy atom. The number of carbonyl (C=O) groups excluding carboxylic acids is 1. The second-order valence-corrected chi connectivity index (χ2v) is 10.0. The Bertz CT molecular complexity index is 1570. The molecule has 0 saturated carbocycles. The molecule has 0 fully saturated rings. The fraction of sp³-hybridized carbons (Fsp3) is 0.200. The van der Waals surface area contributed by atoms with E-state index in [9.17, 15) is 14.7 Å². The Morgan fingerprint density at radius 2 is 1.76 bits per heavy atom. The number of carboxylic acids is 1. The van der Waals surface area contributed by atoms with Gasteiger partial charge in [0.1, 0.15) is 5.75 Å². The van der Waals surface area contributed by atoms with Gasteiger partial charge >= 0.3 is 5.97 Å². The van der Waals surface area contributed by atoms with Crippen LogP contribution in [0.5, 0.6) is 5.75 Å². The number of halogens is 1. The molecule has 1 atom stereocenters. The molecule has 192 valence electrons. The molecular formula is C30H26BrN3O4. The normalized spacial score (nSPS) is 15.0. The summed E-state index contributed by atoms with van der Waals surface area (Å²) in [6, 6.07) is 23.2. The number of rotatable bonds is 7. The molecule has 38 heavy (non-hydrogen) atoms. The first-order chi connectivity index (χ1) is 18.4. The van der Waals surface area contributed by atoms with Crippen LogP contribution in [0.25, 0.3) is 22.0 Å². The van der Waals surface area contributed by atoms with Crippen LogP contribution in [0.15, 0.2) is 82.4 Å². The molecule has 1 aromatic heterocycles. The molecule has 1 unspecified atom stereocenters. The minimum Gasteiger partial charge on any atom is -0.496 e. The predicted molar refractivity (Wildman–Crippen MR) is 150 cm³/mol. The molecule has 7 nitrogen and oxygen atoms in total. The molecule has 2 heterocycles. The van der Waals surface area contributed by atoms with E-state index in [1.807, 2.05) is 61.5 Å². The number of carboxylic acid groups (broad SMARTS) is 1. The molecule has 4 aromatic rings. The van der Waals surface area contributed by atoms with Crippen molar-refractivity contribution in [3.63, 3.8) is 0 Å². The number of benzene rings is 3. The number of ether oxygens (including phenoxy) is 1. The lowest BCUT2D eigenvalue weighted by atomic mass is 9.89. The summed E-state index contributed by atoms with van der Waals surface area (Å²) in [5.41, 5.74) is 6.08. The van der Waals surface area contributed by atoms with Crippen molar-refractivity contribution < 1.29 is 19.4 Å². The summed E-state index contributed by atoms with van der Waals surface area (Å²) in [6.45, 7) is 1.96. The van der Waals surface area contributed by atoms with Crippen molar-refractivity contribution in [3.05, 3.63) is 94.1 Å². The highest BCUT2D eigenvalue weighted by Crippen LogP contribution is 2.42. The Kier molecular flexibility index (Phi) is 7.24. The Morgan fingerprint density at radius 3 is 2.50 bits per heavy atom. The average Bonchev–Trinajstić information content (AvgIpc) is 3.36. The Hall–Kier alpha value is -4.04. The number of aryl methyl sites for hydroxylation is 1. The number of para-hydroxylation sites is 1. The van der Waals surface area contributed by atoms with Gasteiger partial charge in [0.05, 0.1) is 30.8 Å². The molecule has 3 aromatic carbocycles. The summed E-state index contributed by atoms with van der Waals surface area (Å²) in [6.07, 6.45) is 0.0188. The first-order valence-electron chi connectivity index (χ1n) is 12.3. The van der Waals surface area contributed by atoms with Gasteiger partial charge < -0.3 is 9.84 Å². The molecule has 1 amide bonds. The zero-order valence-electron chi connectivity index (χ0n) is 21.0. The van der Waals surface area contributed by atoms with Crippen molar-refractivity contribution in [2.24, 2.45) is 5.10 Å². The maximum Gasteiger partial charge on any atom is 0.303 e. The van der Waals surface area contributed by atoms with Gasteiger partial charge in [-0.05, 0) is 36.8 Å². The topological polar surface area (TPSA) is 92.1 Å². The van der Waals surface area contributed by atoms with Crippen LogP contribution in [0.4, 0.5) is 0 Å². The van der Waals surface area contributed by atoms with Crippen LogP contribution in [0.1, 0.15) is 42.1 Å². The number of fused-ring (bicyclic) bond motifs is 1. The second kappa shape index (κ2) is 10.8. The maximum atomic E-state index is 13.3. The minimum absolute atomic E-state index is 0.148. The van der Waals surface area contributed by atoms with Gasteiger partial charge in [-0.15, -0.1) is 0 Å². The van der Waals surface area contributed by atoms with Crippen molar-refractivity contribution in [1.82, 2.24) is 9.99 Å². The molecule has 0 bridgehead atoms. The summed E-state index contributed by atoms with van der Waals surface area (Å²) in [5.74, 6) is -0.735. The smallest absolute Gasteiger partial charge is 0.303 e. The number of aliphatic carboxylic acids is 1. The molecule has 8 heteroatoms. The zero-order valence-corrected chi connectivity index (χ0v) is 22.6. The molecule has 5 rings (SSSR count). The summed E-state index contributed by atoms with van der Waals surface area (Å²) < 4.78 is 6.55. The van der Waals surface area contributed by atoms with Crippen LogP contribution in [0, 0.1) is 6.92 Å². The Labute approximate surface area is 228 Å². The summed E-state index contributed by atoms with van der Waals surface area (Å²) in [7, 11) is 1.59. The van der Waals surface area contributed by atoms with Crippen LogP contribution < -0.4 is 4.74 Å². The third-order valence-corrected chi connectivity index (χ3v) is 7.19. The fourth-order valence-electron chi connectivity index (χ4n) is 5.02. The van der Waals surface area contributed by atoms with E-state index in [2.05, 4.69) is 34.1 Å². The molecular weight excluding hydrogens is 546 g/mol. The van der Waals surface area contributed by atoms with Gasteiger partial charge in [-0.25, -0.2) is 5.01 Å². The van der Waals surface area contributed by atoms with E-state index in [0.717, 1.165) is 49.0 Å². The van der Waals surface area contributed by atoms with E-state index >= 15 is 0 Å². The van der Waals surface area contributed by atoms with Gasteiger partial charge in [0.15, 0.2) is 0 Å². The quantitative estimate of drug-likeness (QED) is 0.272. The standard InChI is InChI=1S/C30H26BrN3O4/c1-18-29(30(19-8-4-3-5-9-19)22-16-20(31)12-13-23(22)32-18)24-17-25(21-10-6-7-11-26(21)38-2)34(33-24)27(35)14-15-28(36)37/h3-13,16,25H,14-15,17H2,1-2H3,(H,36,37). The molecule has 0 radical (unpaired) electrons. The highest BCUT2D eigenvalue weighted by molar-refractivity contribution is 9.10. The number of hydrazone groups is 1. The van der Waals surface area contributed by atoms with E-state index in [0.29, 0.717) is 12.2 Å². The van der Waals surface area contributed by atoms with Gasteiger partial charge in [0.25, 0.3) is 0 Å². The van der Waals surface area contributed by atoms with E-state index in [4.69, 9.17) is 14.8 Å². The third-order valence-electron chi connectivity index (χ3n) is 6.70. The first kappa shape index (κ1) is 25.6. The SMILES string of the molecule is COc1ccccc1C1CC(c2c(C)nc3ccc(Br)cc3c2-c2ccccc2)=NN1C(=O)CCC(=O)O. The molecule has 1 aliphatic rings. The van der Waals surface area contributed by atoms with Crippen LogP contribution in [0.3, 0.4) is 0 Å². The monoisotopic (exact) mass is 571 g/mol. The largest absolute Gasteiger partial charge is 0.496 e. The molecule has 0 saturated heterocycles. The molecule has 0 spiro atoms. The fourth-order valence-corrected chi connectivity index (χ4v) is 5.38. The van der Waals surface area contributed by atoms with Gasteiger partial charge in [-0.1, -0.05) is 64.5 Å². The third kappa shape index (κ3) is 4.91. The second-order valence-electron chi connectivity index (χ2n) is 9.12. The maximum absolute atomic E-state index is 13.3. The number of pyridine rings is 1. The number of amides is 1. The van der Waals surface area contributed by atoms with Gasteiger partial charge in [0.2, 0.25) is 5.91 Å². The highest BCUT2D eigenvalue weighted by atomic mass is 79.9. The number of hydrogen-bond acceptors (Lipinski definition) is 5. The van der Waals surface area contributed by atoms with Crippen LogP contribution in [0.2, 0.25) is 0 Å². The highest BCUT2D eigenvalue weighted by Gasteiger charge is 2.36. The molecule has 0 aliphatic carbocycles. The number of methoxy groups -OCH3 is 1. The van der Waals surface area contributed by atoms with Crippen LogP contribution in [-0.4, -0.2) is 39.8 Å². The van der Waals surface area contributed by atoms with Crippen LogP contribution in [-0.2, 0) is 9.59 Å². The van der Waals surface area contributed by atoms with E-state index < -0.39 is 12.0 Å². The van der Waals surface area contributed by atoms with E-state index in [1.165, 1.54) is 5.01 Å². The van der Waals surface area contributed by atoms with Gasteiger partial charge in [-0.3, -0.25) is 14.6 Å². The molecule has 1 aliphatic heterocycles. The zero-order chi connectivity index (χ0) is 26.8. The van der Waals surface area contributed by atoms with Crippen LogP contribution >= 0.6 is 15.9 Å². The number of carbonyl (C=O) groups is 2. The predicted octanol–water partition coefficient (Wildman–Crippen LogP) is 6.52. The first-order valence-corrected chi connectivity index (χ1v) is 13.1. The average molecular weight is 572 g/mol. The van der Waals surface area contributed by atoms with Crippen molar-refractivity contribution in [2.45, 2.75) is 32.2 Å². The number of nitrogens with zero attached hydrogens (tertiary/aromatic N) is 3.